The Kier molecular flexibility index (Phi) is 5.21. The van der Waals surface area contributed by atoms with Crippen molar-refractivity contribution >= 4 is 22.6 Å². The van der Waals surface area contributed by atoms with Crippen LogP contribution in [0.5, 0.6) is 0 Å². The standard InChI is InChI=1S/C13H23IO/c14-12-8-5-9-13(12)15-10-11-6-3-1-2-4-7-11/h11-13H,1-10H2. The van der Waals surface area contributed by atoms with E-state index >= 15 is 0 Å². The monoisotopic (exact) mass is 322 g/mol. The van der Waals surface area contributed by atoms with Crippen LogP contribution in [-0.4, -0.2) is 16.6 Å². The van der Waals surface area contributed by atoms with Crippen molar-refractivity contribution in [2.24, 2.45) is 5.92 Å². The summed E-state index contributed by atoms with van der Waals surface area (Å²) in [5.41, 5.74) is 0. The summed E-state index contributed by atoms with van der Waals surface area (Å²) >= 11 is 2.57. The normalized spacial score (nSPS) is 34.2. The fourth-order valence-electron chi connectivity index (χ4n) is 2.86. The molecule has 88 valence electrons. The molecule has 0 spiro atoms. The Bertz CT molecular complexity index is 175. The Morgan fingerprint density at radius 2 is 1.60 bits per heavy atom. The van der Waals surface area contributed by atoms with Gasteiger partial charge in [-0.1, -0.05) is 48.3 Å². The van der Waals surface area contributed by atoms with E-state index in [2.05, 4.69) is 22.6 Å². The van der Waals surface area contributed by atoms with Crippen LogP contribution >= 0.6 is 22.6 Å². The zero-order chi connectivity index (χ0) is 10.5. The van der Waals surface area contributed by atoms with Crippen molar-refractivity contribution in [2.75, 3.05) is 6.61 Å². The summed E-state index contributed by atoms with van der Waals surface area (Å²) in [5, 5.41) is 0. The molecule has 0 N–H and O–H groups in total. The molecule has 2 atom stereocenters. The SMILES string of the molecule is IC1CCCC1OCC1CCCCCC1. The highest BCUT2D eigenvalue weighted by Gasteiger charge is 2.26. The molecule has 0 saturated heterocycles. The average molecular weight is 322 g/mol. The Balaban J connectivity index is 1.67. The van der Waals surface area contributed by atoms with Gasteiger partial charge in [0, 0.05) is 10.5 Å². The summed E-state index contributed by atoms with van der Waals surface area (Å²) in [6.07, 6.45) is 13.2. The predicted molar refractivity (Wildman–Crippen MR) is 72.6 cm³/mol. The van der Waals surface area contributed by atoms with Crippen LogP contribution < -0.4 is 0 Å². The second-order valence-corrected chi connectivity index (χ2v) is 6.78. The maximum Gasteiger partial charge on any atom is 0.0692 e. The van der Waals surface area contributed by atoms with Crippen LogP contribution in [0, 0.1) is 5.92 Å². The van der Waals surface area contributed by atoms with Gasteiger partial charge in [0.25, 0.3) is 0 Å². The highest BCUT2D eigenvalue weighted by atomic mass is 127. The van der Waals surface area contributed by atoms with Crippen LogP contribution in [-0.2, 0) is 4.74 Å². The third-order valence-electron chi connectivity index (χ3n) is 3.89. The molecule has 2 unspecified atom stereocenters. The van der Waals surface area contributed by atoms with Gasteiger partial charge in [-0.2, -0.15) is 0 Å². The molecule has 0 aromatic heterocycles. The molecule has 2 aliphatic rings. The summed E-state index contributed by atoms with van der Waals surface area (Å²) in [6, 6.07) is 0. The summed E-state index contributed by atoms with van der Waals surface area (Å²) in [4.78, 5) is 0. The van der Waals surface area contributed by atoms with Gasteiger partial charge < -0.3 is 4.74 Å². The zero-order valence-electron chi connectivity index (χ0n) is 9.59. The molecule has 0 bridgehead atoms. The largest absolute Gasteiger partial charge is 0.377 e. The second kappa shape index (κ2) is 6.43. The summed E-state index contributed by atoms with van der Waals surface area (Å²) in [6.45, 7) is 1.05. The van der Waals surface area contributed by atoms with Crippen molar-refractivity contribution in [1.82, 2.24) is 0 Å². The number of hydrogen-bond donors (Lipinski definition) is 0. The summed E-state index contributed by atoms with van der Waals surface area (Å²) in [5.74, 6) is 0.872. The lowest BCUT2D eigenvalue weighted by Gasteiger charge is -2.20. The van der Waals surface area contributed by atoms with Gasteiger partial charge in [-0.25, -0.2) is 0 Å². The maximum atomic E-state index is 6.10. The number of alkyl halides is 1. The van der Waals surface area contributed by atoms with E-state index in [1.807, 2.05) is 0 Å². The molecule has 1 nitrogen and oxygen atoms in total. The molecule has 2 rings (SSSR count). The van der Waals surface area contributed by atoms with Crippen LogP contribution in [0.15, 0.2) is 0 Å². The molecular formula is C13H23IO. The molecule has 2 fully saturated rings. The molecule has 0 heterocycles. The van der Waals surface area contributed by atoms with E-state index in [0.29, 0.717) is 6.10 Å². The molecule has 0 aromatic rings. The van der Waals surface area contributed by atoms with E-state index in [9.17, 15) is 0 Å². The number of ether oxygens (including phenoxy) is 1. The van der Waals surface area contributed by atoms with Gasteiger partial charge >= 0.3 is 0 Å². The first-order chi connectivity index (χ1) is 7.36. The molecule has 0 aromatic carbocycles. The molecule has 15 heavy (non-hydrogen) atoms. The first-order valence-electron chi connectivity index (χ1n) is 6.62. The topological polar surface area (TPSA) is 9.23 Å². The number of hydrogen-bond acceptors (Lipinski definition) is 1. The number of halogens is 1. The summed E-state index contributed by atoms with van der Waals surface area (Å²) < 4.78 is 6.89. The molecular weight excluding hydrogens is 299 g/mol. The Morgan fingerprint density at radius 3 is 2.20 bits per heavy atom. The van der Waals surface area contributed by atoms with E-state index < -0.39 is 0 Å². The molecule has 0 radical (unpaired) electrons. The van der Waals surface area contributed by atoms with E-state index in [4.69, 9.17) is 4.74 Å². The third kappa shape index (κ3) is 3.88. The Morgan fingerprint density at radius 1 is 0.867 bits per heavy atom. The predicted octanol–water partition coefficient (Wildman–Crippen LogP) is 4.33. The molecule has 2 aliphatic carbocycles. The molecule has 0 aliphatic heterocycles. The summed E-state index contributed by atoms with van der Waals surface area (Å²) in [7, 11) is 0. The van der Waals surface area contributed by atoms with E-state index in [1.165, 1.54) is 57.8 Å². The van der Waals surface area contributed by atoms with Crippen LogP contribution in [0.1, 0.15) is 57.8 Å². The molecule has 2 saturated carbocycles. The van der Waals surface area contributed by atoms with Crippen LogP contribution in [0.25, 0.3) is 0 Å². The Labute approximate surface area is 107 Å². The number of rotatable bonds is 3. The van der Waals surface area contributed by atoms with Crippen LogP contribution in [0.3, 0.4) is 0 Å². The van der Waals surface area contributed by atoms with Crippen molar-refractivity contribution in [3.8, 4) is 0 Å². The third-order valence-corrected chi connectivity index (χ3v) is 5.32. The van der Waals surface area contributed by atoms with Crippen molar-refractivity contribution < 1.29 is 4.74 Å². The van der Waals surface area contributed by atoms with Gasteiger partial charge in [-0.15, -0.1) is 0 Å². The smallest absolute Gasteiger partial charge is 0.0692 e. The van der Waals surface area contributed by atoms with E-state index in [-0.39, 0.29) is 0 Å². The Hall–Kier alpha value is 0.690. The van der Waals surface area contributed by atoms with Gasteiger partial charge in [-0.05, 0) is 38.0 Å². The zero-order valence-corrected chi connectivity index (χ0v) is 11.7. The maximum absolute atomic E-state index is 6.10. The van der Waals surface area contributed by atoms with Gasteiger partial charge in [0.05, 0.1) is 6.10 Å². The minimum atomic E-state index is 0.578. The highest BCUT2D eigenvalue weighted by molar-refractivity contribution is 14.1. The highest BCUT2D eigenvalue weighted by Crippen LogP contribution is 2.30. The lowest BCUT2D eigenvalue weighted by Crippen LogP contribution is -2.21. The first-order valence-corrected chi connectivity index (χ1v) is 7.86. The van der Waals surface area contributed by atoms with Gasteiger partial charge in [0.1, 0.15) is 0 Å². The van der Waals surface area contributed by atoms with E-state index in [1.54, 1.807) is 0 Å². The van der Waals surface area contributed by atoms with Crippen molar-refractivity contribution in [3.05, 3.63) is 0 Å². The fourth-order valence-corrected chi connectivity index (χ4v) is 3.87. The van der Waals surface area contributed by atoms with Crippen LogP contribution in [0.4, 0.5) is 0 Å². The van der Waals surface area contributed by atoms with E-state index in [0.717, 1.165) is 16.4 Å². The van der Waals surface area contributed by atoms with Crippen molar-refractivity contribution in [2.45, 2.75) is 67.8 Å². The lowest BCUT2D eigenvalue weighted by atomic mass is 10.0. The minimum absolute atomic E-state index is 0.578. The van der Waals surface area contributed by atoms with Gasteiger partial charge in [0.15, 0.2) is 0 Å². The van der Waals surface area contributed by atoms with Crippen molar-refractivity contribution in [1.29, 1.82) is 0 Å². The second-order valence-electron chi connectivity index (χ2n) is 5.18. The lowest BCUT2D eigenvalue weighted by molar-refractivity contribution is 0.0350. The molecule has 2 heteroatoms. The average Bonchev–Trinajstić information content (AvgIpc) is 2.53. The van der Waals surface area contributed by atoms with Gasteiger partial charge in [-0.3, -0.25) is 0 Å². The van der Waals surface area contributed by atoms with Crippen LogP contribution in [0.2, 0.25) is 0 Å². The van der Waals surface area contributed by atoms with Gasteiger partial charge in [0.2, 0.25) is 0 Å². The molecule has 0 amide bonds. The van der Waals surface area contributed by atoms with Crippen molar-refractivity contribution in [3.63, 3.8) is 0 Å². The first kappa shape index (κ1) is 12.2. The quantitative estimate of drug-likeness (QED) is 0.427. The fraction of sp³-hybridized carbons (Fsp3) is 1.00. The minimum Gasteiger partial charge on any atom is -0.377 e.